The maximum absolute atomic E-state index is 11.8. The van der Waals surface area contributed by atoms with Crippen molar-refractivity contribution in [1.82, 2.24) is 5.32 Å². The van der Waals surface area contributed by atoms with Crippen LogP contribution in [0.2, 0.25) is 9.36 Å². The van der Waals surface area contributed by atoms with Crippen molar-refractivity contribution in [3.63, 3.8) is 0 Å². The fourth-order valence-electron chi connectivity index (χ4n) is 1.73. The van der Waals surface area contributed by atoms with Gasteiger partial charge >= 0.3 is 6.03 Å². The number of thiophene rings is 1. The maximum Gasteiger partial charge on any atom is 0.319 e. The highest BCUT2D eigenvalue weighted by atomic mass is 35.5. The molecule has 4 nitrogen and oxygen atoms in total. The Kier molecular flexibility index (Phi) is 5.87. The summed E-state index contributed by atoms with van der Waals surface area (Å²) in [5.74, 6) is 0. The van der Waals surface area contributed by atoms with Gasteiger partial charge in [0.2, 0.25) is 0 Å². The molecule has 0 fully saturated rings. The Morgan fingerprint density at radius 2 is 2.14 bits per heavy atom. The van der Waals surface area contributed by atoms with E-state index in [0.29, 0.717) is 21.6 Å². The first kappa shape index (κ1) is 16.1. The molecule has 0 spiro atoms. The predicted octanol–water partition coefficient (Wildman–Crippen LogP) is 4.56. The lowest BCUT2D eigenvalue weighted by atomic mass is 10.3. The summed E-state index contributed by atoms with van der Waals surface area (Å²) >= 11 is 13.2. The highest BCUT2D eigenvalue weighted by Crippen LogP contribution is 2.28. The van der Waals surface area contributed by atoms with Gasteiger partial charge in [0.05, 0.1) is 10.9 Å². The van der Waals surface area contributed by atoms with Crippen LogP contribution in [0.25, 0.3) is 0 Å². The zero-order valence-corrected chi connectivity index (χ0v) is 13.6. The second-order valence-electron chi connectivity index (χ2n) is 4.21. The Hall–Kier alpha value is -1.27. The number of anilines is 1. The lowest BCUT2D eigenvalue weighted by Crippen LogP contribution is -2.32. The highest BCUT2D eigenvalue weighted by molar-refractivity contribution is 7.16. The van der Waals surface area contributed by atoms with Gasteiger partial charge in [-0.3, -0.25) is 0 Å². The third-order valence-electron chi connectivity index (χ3n) is 2.73. The van der Waals surface area contributed by atoms with Crippen LogP contribution in [0.15, 0.2) is 36.4 Å². The molecule has 0 bridgehead atoms. The van der Waals surface area contributed by atoms with Gasteiger partial charge in [-0.2, -0.15) is 0 Å². The molecule has 7 heteroatoms. The van der Waals surface area contributed by atoms with E-state index >= 15 is 0 Å². The normalized spacial score (nSPS) is 12.0. The van der Waals surface area contributed by atoms with Crippen LogP contribution in [-0.4, -0.2) is 19.7 Å². The Labute approximate surface area is 137 Å². The first-order valence-electron chi connectivity index (χ1n) is 6.17. The van der Waals surface area contributed by atoms with Gasteiger partial charge in [-0.15, -0.1) is 11.3 Å². The molecule has 21 heavy (non-hydrogen) atoms. The molecule has 1 aromatic carbocycles. The van der Waals surface area contributed by atoms with Gasteiger partial charge in [0, 0.05) is 22.7 Å². The summed E-state index contributed by atoms with van der Waals surface area (Å²) in [5.41, 5.74) is 0.633. The van der Waals surface area contributed by atoms with Crippen LogP contribution in [0, 0.1) is 0 Å². The van der Waals surface area contributed by atoms with E-state index in [1.165, 1.54) is 11.3 Å². The summed E-state index contributed by atoms with van der Waals surface area (Å²) in [4.78, 5) is 12.8. The number of nitrogens with one attached hydrogen (secondary N) is 2. The maximum atomic E-state index is 11.8. The molecular weight excluding hydrogens is 331 g/mol. The van der Waals surface area contributed by atoms with E-state index in [1.807, 2.05) is 6.07 Å². The van der Waals surface area contributed by atoms with E-state index in [1.54, 1.807) is 37.4 Å². The third-order valence-corrected chi connectivity index (χ3v) is 4.28. The number of carbonyl (C=O) groups is 1. The average Bonchev–Trinajstić information content (AvgIpc) is 2.86. The SMILES string of the molecule is COC(CNC(=O)Nc1cccc(Cl)c1)c1ccc(Cl)s1. The summed E-state index contributed by atoms with van der Waals surface area (Å²) in [5, 5.41) is 6.03. The molecule has 112 valence electrons. The Morgan fingerprint density at radius 1 is 1.33 bits per heavy atom. The summed E-state index contributed by atoms with van der Waals surface area (Å²) < 4.78 is 6.05. The summed E-state index contributed by atoms with van der Waals surface area (Å²) in [6.07, 6.45) is -0.229. The second kappa shape index (κ2) is 7.66. The van der Waals surface area contributed by atoms with Gasteiger partial charge in [-0.25, -0.2) is 4.79 Å². The second-order valence-corrected chi connectivity index (χ2v) is 6.39. The molecule has 0 aliphatic heterocycles. The highest BCUT2D eigenvalue weighted by Gasteiger charge is 2.14. The number of benzene rings is 1. The Bertz CT molecular complexity index is 619. The molecule has 1 unspecified atom stereocenters. The van der Waals surface area contributed by atoms with Gasteiger partial charge in [-0.05, 0) is 30.3 Å². The van der Waals surface area contributed by atoms with Crippen LogP contribution < -0.4 is 10.6 Å². The van der Waals surface area contributed by atoms with Crippen LogP contribution in [0.3, 0.4) is 0 Å². The fourth-order valence-corrected chi connectivity index (χ4v) is 3.06. The summed E-state index contributed by atoms with van der Waals surface area (Å²) in [7, 11) is 1.59. The van der Waals surface area contributed by atoms with E-state index < -0.39 is 0 Å². The van der Waals surface area contributed by atoms with Crippen LogP contribution in [0.4, 0.5) is 10.5 Å². The molecule has 2 N–H and O–H groups in total. The molecule has 0 aliphatic rings. The first-order valence-corrected chi connectivity index (χ1v) is 7.74. The zero-order chi connectivity index (χ0) is 15.2. The number of rotatable bonds is 5. The molecule has 0 radical (unpaired) electrons. The molecule has 2 aromatic rings. The zero-order valence-electron chi connectivity index (χ0n) is 11.2. The van der Waals surface area contributed by atoms with Crippen molar-refractivity contribution in [2.24, 2.45) is 0 Å². The van der Waals surface area contributed by atoms with E-state index in [0.717, 1.165) is 4.88 Å². The number of carbonyl (C=O) groups excluding carboxylic acids is 1. The molecule has 0 saturated carbocycles. The summed E-state index contributed by atoms with van der Waals surface area (Å²) in [6, 6.07) is 10.3. The molecule has 1 atom stereocenters. The molecule has 2 rings (SSSR count). The van der Waals surface area contributed by atoms with E-state index in [2.05, 4.69) is 10.6 Å². The van der Waals surface area contributed by atoms with Gasteiger partial charge < -0.3 is 15.4 Å². The standard InChI is InChI=1S/C14H14Cl2N2O2S/c1-20-11(12-5-6-13(16)21-12)8-17-14(19)18-10-4-2-3-9(15)7-10/h2-7,11H,8H2,1H3,(H2,17,18,19). The first-order chi connectivity index (χ1) is 10.1. The molecule has 0 aliphatic carbocycles. The molecule has 1 aromatic heterocycles. The number of methoxy groups -OCH3 is 1. The predicted molar refractivity (Wildman–Crippen MR) is 87.6 cm³/mol. The summed E-state index contributed by atoms with van der Waals surface area (Å²) in [6.45, 7) is 0.347. The van der Waals surface area contributed by atoms with E-state index in [4.69, 9.17) is 27.9 Å². The monoisotopic (exact) mass is 344 g/mol. The number of hydrogen-bond acceptors (Lipinski definition) is 3. The van der Waals surface area contributed by atoms with Gasteiger partial charge in [-0.1, -0.05) is 29.3 Å². The van der Waals surface area contributed by atoms with Crippen molar-refractivity contribution in [2.75, 3.05) is 19.0 Å². The number of amides is 2. The third kappa shape index (κ3) is 4.89. The minimum Gasteiger partial charge on any atom is -0.374 e. The van der Waals surface area contributed by atoms with Gasteiger partial charge in [0.15, 0.2) is 0 Å². The number of halogens is 2. The average molecular weight is 345 g/mol. The van der Waals surface area contributed by atoms with Crippen molar-refractivity contribution in [3.8, 4) is 0 Å². The van der Waals surface area contributed by atoms with Crippen molar-refractivity contribution in [1.29, 1.82) is 0 Å². The number of urea groups is 1. The van der Waals surface area contributed by atoms with E-state index in [9.17, 15) is 4.79 Å². The topological polar surface area (TPSA) is 50.4 Å². The van der Waals surface area contributed by atoms with Crippen molar-refractivity contribution in [2.45, 2.75) is 6.10 Å². The minimum absolute atomic E-state index is 0.229. The van der Waals surface area contributed by atoms with Gasteiger partial charge in [0.25, 0.3) is 0 Å². The largest absolute Gasteiger partial charge is 0.374 e. The van der Waals surface area contributed by atoms with Crippen LogP contribution in [0.5, 0.6) is 0 Å². The van der Waals surface area contributed by atoms with Crippen molar-refractivity contribution >= 4 is 46.3 Å². The van der Waals surface area contributed by atoms with Crippen LogP contribution >= 0.6 is 34.5 Å². The quantitative estimate of drug-likeness (QED) is 0.834. The molecule has 1 heterocycles. The van der Waals surface area contributed by atoms with Crippen molar-refractivity contribution < 1.29 is 9.53 Å². The fraction of sp³-hybridized carbons (Fsp3) is 0.214. The van der Waals surface area contributed by atoms with Gasteiger partial charge in [0.1, 0.15) is 6.10 Å². The number of ether oxygens (including phenoxy) is 1. The Morgan fingerprint density at radius 3 is 2.76 bits per heavy atom. The van der Waals surface area contributed by atoms with Crippen LogP contribution in [0.1, 0.15) is 11.0 Å². The Balaban J connectivity index is 1.88. The molecule has 2 amide bonds. The molecular formula is C14H14Cl2N2O2S. The molecule has 0 saturated heterocycles. The number of hydrogen-bond donors (Lipinski definition) is 2. The van der Waals surface area contributed by atoms with Crippen molar-refractivity contribution in [3.05, 3.63) is 50.6 Å². The lowest BCUT2D eigenvalue weighted by molar-refractivity contribution is 0.107. The van der Waals surface area contributed by atoms with E-state index in [-0.39, 0.29) is 12.1 Å². The smallest absolute Gasteiger partial charge is 0.319 e. The van der Waals surface area contributed by atoms with Crippen LogP contribution in [-0.2, 0) is 4.74 Å². The lowest BCUT2D eigenvalue weighted by Gasteiger charge is -2.15. The minimum atomic E-state index is -0.318.